The van der Waals surface area contributed by atoms with E-state index in [0.29, 0.717) is 0 Å². The van der Waals surface area contributed by atoms with Crippen molar-refractivity contribution >= 4 is 35.1 Å². The molecule has 1 N–H and O–H groups in total. The van der Waals surface area contributed by atoms with Gasteiger partial charge in [-0.2, -0.15) is 0 Å². The van der Waals surface area contributed by atoms with Gasteiger partial charge >= 0.3 is 12.3 Å². The molecule has 10 heteroatoms. The van der Waals surface area contributed by atoms with E-state index in [1.807, 2.05) is 0 Å². The number of hydrogen-bond acceptors (Lipinski definition) is 8. The number of hydrogen-bond donors (Lipinski definition) is 1. The fourth-order valence-electron chi connectivity index (χ4n) is 2.44. The molecule has 2 atom stereocenters. The van der Waals surface area contributed by atoms with Gasteiger partial charge in [0.1, 0.15) is 13.2 Å². The lowest BCUT2D eigenvalue weighted by Crippen LogP contribution is -2.43. The van der Waals surface area contributed by atoms with Crippen molar-refractivity contribution in [2.75, 3.05) is 13.2 Å². The SMILES string of the molecule is C.O=C1OCC(C(=O)Cl)O1.O=C1OCC(C(=O)NC2CCCCC2)O1. The molecule has 0 spiro atoms. The molecule has 3 aliphatic rings. The first kappa shape index (κ1) is 21.0. The van der Waals surface area contributed by atoms with E-state index < -0.39 is 29.8 Å². The Labute approximate surface area is 150 Å². The third-order valence-electron chi connectivity index (χ3n) is 3.68. The Balaban J connectivity index is 0.000000270. The maximum Gasteiger partial charge on any atom is 0.509 e. The summed E-state index contributed by atoms with van der Waals surface area (Å²) in [6.07, 6.45) is 2.36. The minimum Gasteiger partial charge on any atom is -0.430 e. The highest BCUT2D eigenvalue weighted by atomic mass is 35.5. The minimum absolute atomic E-state index is 0. The average molecular weight is 380 g/mol. The first-order valence-corrected chi connectivity index (χ1v) is 8.00. The molecule has 0 bridgehead atoms. The third-order valence-corrected chi connectivity index (χ3v) is 3.92. The predicted molar refractivity (Wildman–Crippen MR) is 85.0 cm³/mol. The normalized spacial score (nSPS) is 25.2. The highest BCUT2D eigenvalue weighted by Crippen LogP contribution is 2.18. The number of ether oxygens (including phenoxy) is 4. The smallest absolute Gasteiger partial charge is 0.430 e. The standard InChI is InChI=1S/C10H15NO4.C4H3ClO4.CH4/c12-9(8-6-14-10(13)15-8)11-7-4-2-1-3-5-7;5-3(6)2-1-8-4(7)9-2;/h7-8H,1-6H2,(H,11,12);2H,1H2;1H4. The summed E-state index contributed by atoms with van der Waals surface area (Å²) >= 11 is 4.95. The number of carbonyl (C=O) groups excluding carboxylic acids is 4. The van der Waals surface area contributed by atoms with Crippen LogP contribution in [-0.4, -0.2) is 54.9 Å². The Bertz CT molecular complexity index is 506. The van der Waals surface area contributed by atoms with Crippen molar-refractivity contribution in [3.8, 4) is 0 Å². The molecular formula is C15H22ClNO8. The maximum absolute atomic E-state index is 11.6. The van der Waals surface area contributed by atoms with E-state index in [9.17, 15) is 19.2 Å². The highest BCUT2D eigenvalue weighted by molar-refractivity contribution is 6.64. The van der Waals surface area contributed by atoms with E-state index in [4.69, 9.17) is 16.3 Å². The van der Waals surface area contributed by atoms with Gasteiger partial charge in [0, 0.05) is 6.04 Å². The lowest BCUT2D eigenvalue weighted by molar-refractivity contribution is -0.128. The molecule has 0 aromatic rings. The Morgan fingerprint density at radius 2 is 1.44 bits per heavy atom. The van der Waals surface area contributed by atoms with E-state index in [0.717, 1.165) is 25.7 Å². The summed E-state index contributed by atoms with van der Waals surface area (Å²) in [5.41, 5.74) is 0. The molecule has 1 aliphatic carbocycles. The van der Waals surface area contributed by atoms with Gasteiger partial charge in [-0.25, -0.2) is 9.59 Å². The van der Waals surface area contributed by atoms with Gasteiger partial charge in [0.2, 0.25) is 12.2 Å². The third kappa shape index (κ3) is 6.77. The highest BCUT2D eigenvalue weighted by Gasteiger charge is 2.32. The molecule has 142 valence electrons. The van der Waals surface area contributed by atoms with Crippen LogP contribution in [0.1, 0.15) is 39.5 Å². The number of halogens is 1. The lowest BCUT2D eigenvalue weighted by atomic mass is 9.95. The molecule has 2 aliphatic heterocycles. The monoisotopic (exact) mass is 379 g/mol. The number of rotatable bonds is 3. The van der Waals surface area contributed by atoms with Crippen LogP contribution in [0.2, 0.25) is 0 Å². The Hall–Kier alpha value is -2.03. The van der Waals surface area contributed by atoms with Crippen molar-refractivity contribution in [1.29, 1.82) is 0 Å². The summed E-state index contributed by atoms with van der Waals surface area (Å²) in [4.78, 5) is 42.5. The maximum atomic E-state index is 11.6. The van der Waals surface area contributed by atoms with Crippen molar-refractivity contribution in [2.24, 2.45) is 0 Å². The van der Waals surface area contributed by atoms with Gasteiger partial charge < -0.3 is 24.3 Å². The molecule has 9 nitrogen and oxygen atoms in total. The largest absolute Gasteiger partial charge is 0.509 e. The zero-order chi connectivity index (χ0) is 17.5. The summed E-state index contributed by atoms with van der Waals surface area (Å²) in [6.45, 7) is -0.0292. The number of carbonyl (C=O) groups is 4. The molecule has 3 fully saturated rings. The summed E-state index contributed by atoms with van der Waals surface area (Å²) in [5.74, 6) is -0.229. The molecule has 2 saturated heterocycles. The minimum atomic E-state index is -0.904. The second-order valence-corrected chi connectivity index (χ2v) is 5.86. The topological polar surface area (TPSA) is 117 Å². The summed E-state index contributed by atoms with van der Waals surface area (Å²) in [5, 5.41) is 2.18. The van der Waals surface area contributed by atoms with E-state index in [1.54, 1.807) is 0 Å². The molecule has 2 heterocycles. The van der Waals surface area contributed by atoms with Gasteiger partial charge in [-0.3, -0.25) is 9.59 Å². The van der Waals surface area contributed by atoms with E-state index in [1.165, 1.54) is 6.42 Å². The second kappa shape index (κ2) is 10.1. The second-order valence-electron chi connectivity index (χ2n) is 5.48. The Kier molecular flexibility index (Phi) is 8.47. The van der Waals surface area contributed by atoms with Crippen LogP contribution in [0, 0.1) is 0 Å². The van der Waals surface area contributed by atoms with E-state index in [2.05, 4.69) is 19.5 Å². The molecule has 0 aromatic heterocycles. The zero-order valence-corrected chi connectivity index (χ0v) is 13.6. The van der Waals surface area contributed by atoms with Gasteiger partial charge in [0.15, 0.2) is 0 Å². The zero-order valence-electron chi connectivity index (χ0n) is 12.8. The number of amides is 1. The van der Waals surface area contributed by atoms with Crippen LogP contribution in [-0.2, 0) is 28.5 Å². The van der Waals surface area contributed by atoms with E-state index >= 15 is 0 Å². The Morgan fingerprint density at radius 1 is 0.920 bits per heavy atom. The number of cyclic esters (lactones) is 4. The molecule has 3 rings (SSSR count). The summed E-state index contributed by atoms with van der Waals surface area (Å²) < 4.78 is 17.8. The van der Waals surface area contributed by atoms with Gasteiger partial charge in [0.05, 0.1) is 0 Å². The Morgan fingerprint density at radius 3 is 1.84 bits per heavy atom. The van der Waals surface area contributed by atoms with Crippen molar-refractivity contribution in [1.82, 2.24) is 5.32 Å². The van der Waals surface area contributed by atoms with Gasteiger partial charge in [0.25, 0.3) is 11.1 Å². The fourth-order valence-corrected chi connectivity index (χ4v) is 2.55. The fraction of sp³-hybridized carbons (Fsp3) is 0.733. The van der Waals surface area contributed by atoms with E-state index in [-0.39, 0.29) is 32.6 Å². The summed E-state index contributed by atoms with van der Waals surface area (Å²) in [7, 11) is 0. The lowest BCUT2D eigenvalue weighted by Gasteiger charge is -2.23. The van der Waals surface area contributed by atoms with Crippen LogP contribution >= 0.6 is 11.6 Å². The molecule has 0 aromatic carbocycles. The van der Waals surface area contributed by atoms with Crippen molar-refractivity contribution in [3.63, 3.8) is 0 Å². The molecule has 0 radical (unpaired) electrons. The molecule has 1 amide bonds. The predicted octanol–water partition coefficient (Wildman–Crippen LogP) is 1.89. The molecule has 2 unspecified atom stereocenters. The first-order chi connectivity index (χ1) is 11.5. The van der Waals surface area contributed by atoms with Crippen LogP contribution in [0.5, 0.6) is 0 Å². The van der Waals surface area contributed by atoms with Crippen LogP contribution in [0.3, 0.4) is 0 Å². The average Bonchev–Trinajstić information content (AvgIpc) is 3.18. The van der Waals surface area contributed by atoms with Crippen LogP contribution in [0.15, 0.2) is 0 Å². The van der Waals surface area contributed by atoms with Gasteiger partial charge in [-0.15, -0.1) is 0 Å². The quantitative estimate of drug-likeness (QED) is 0.583. The van der Waals surface area contributed by atoms with Crippen LogP contribution in [0.25, 0.3) is 0 Å². The summed E-state index contributed by atoms with van der Waals surface area (Å²) in [6, 6.07) is 0.241. The van der Waals surface area contributed by atoms with Crippen molar-refractivity contribution < 1.29 is 38.1 Å². The first-order valence-electron chi connectivity index (χ1n) is 7.62. The molecule has 1 saturated carbocycles. The van der Waals surface area contributed by atoms with Crippen LogP contribution in [0.4, 0.5) is 9.59 Å². The number of nitrogens with one attached hydrogen (secondary N) is 1. The van der Waals surface area contributed by atoms with Gasteiger partial charge in [-0.1, -0.05) is 26.7 Å². The van der Waals surface area contributed by atoms with Crippen molar-refractivity contribution in [3.05, 3.63) is 0 Å². The molecular weight excluding hydrogens is 358 g/mol. The van der Waals surface area contributed by atoms with Gasteiger partial charge in [-0.05, 0) is 24.4 Å². The van der Waals surface area contributed by atoms with Crippen LogP contribution < -0.4 is 5.32 Å². The van der Waals surface area contributed by atoms with Crippen molar-refractivity contribution in [2.45, 2.75) is 57.8 Å². The molecule has 25 heavy (non-hydrogen) atoms.